The van der Waals surface area contributed by atoms with Gasteiger partial charge in [-0.1, -0.05) is 30.3 Å². The van der Waals surface area contributed by atoms with E-state index in [1.807, 2.05) is 34.9 Å². The molecule has 5 rings (SSSR count). The summed E-state index contributed by atoms with van der Waals surface area (Å²) >= 11 is 0. The number of aromatic nitrogens is 2. The molecule has 5 heteroatoms. The second-order valence-corrected chi connectivity index (χ2v) is 7.13. The molecule has 0 saturated carbocycles. The van der Waals surface area contributed by atoms with Crippen molar-refractivity contribution in [2.24, 2.45) is 0 Å². The van der Waals surface area contributed by atoms with Gasteiger partial charge >= 0.3 is 11.4 Å². The Labute approximate surface area is 146 Å². The molecule has 2 aromatic carbocycles. The van der Waals surface area contributed by atoms with Crippen LogP contribution in [0.4, 0.5) is 0 Å². The van der Waals surface area contributed by atoms with Gasteiger partial charge in [0.1, 0.15) is 13.1 Å². The molecule has 1 N–H and O–H groups in total. The first-order chi connectivity index (χ1) is 12.2. The van der Waals surface area contributed by atoms with Gasteiger partial charge < -0.3 is 4.98 Å². The molecule has 3 aromatic rings. The number of aromatic amines is 1. The number of fused-ring (bicyclic) bond motifs is 2. The summed E-state index contributed by atoms with van der Waals surface area (Å²) in [6.45, 7) is 4.06. The molecule has 0 aliphatic carbocycles. The summed E-state index contributed by atoms with van der Waals surface area (Å²) in [5.74, 6) is 0. The number of benzene rings is 2. The third-order valence-electron chi connectivity index (χ3n) is 6.01. The van der Waals surface area contributed by atoms with Gasteiger partial charge in [0, 0.05) is 12.0 Å². The third-order valence-corrected chi connectivity index (χ3v) is 6.01. The molecule has 3 unspecified atom stereocenters. The summed E-state index contributed by atoms with van der Waals surface area (Å²) in [4.78, 5) is 22.0. The van der Waals surface area contributed by atoms with Crippen LogP contribution in [0.25, 0.3) is 11.0 Å². The van der Waals surface area contributed by atoms with Crippen LogP contribution in [-0.2, 0) is 10.6 Å². The Hall–Kier alpha value is -2.37. The van der Waals surface area contributed by atoms with Crippen molar-refractivity contribution in [3.05, 3.63) is 70.6 Å². The average Bonchev–Trinajstić information content (AvgIpc) is 3.23. The van der Waals surface area contributed by atoms with Gasteiger partial charge in [-0.25, -0.2) is 4.79 Å². The van der Waals surface area contributed by atoms with Gasteiger partial charge in [0.15, 0.2) is 0 Å². The molecule has 0 amide bonds. The van der Waals surface area contributed by atoms with E-state index in [9.17, 15) is 4.79 Å². The van der Waals surface area contributed by atoms with E-state index in [4.69, 9.17) is 4.84 Å². The van der Waals surface area contributed by atoms with Gasteiger partial charge in [0.25, 0.3) is 0 Å². The second kappa shape index (κ2) is 5.07. The lowest BCUT2D eigenvalue weighted by Crippen LogP contribution is -2.43. The number of imidazole rings is 1. The zero-order valence-corrected chi connectivity index (χ0v) is 14.3. The van der Waals surface area contributed by atoms with E-state index in [1.54, 1.807) is 0 Å². The summed E-state index contributed by atoms with van der Waals surface area (Å²) in [7, 11) is 0. The Bertz CT molecular complexity index is 993. The average molecular weight is 336 g/mol. The largest absolute Gasteiger partial charge is 0.326 e. The SMILES string of the molecule is CC[N+]12CCC(n3c(=O)[nH]c4ccccc43)CC1(c1ccccc1)O2. The molecular formula is C20H22N3O2+. The molecule has 1 aromatic heterocycles. The second-order valence-electron chi connectivity index (χ2n) is 7.13. The molecule has 25 heavy (non-hydrogen) atoms. The Morgan fingerprint density at radius 1 is 1.20 bits per heavy atom. The monoisotopic (exact) mass is 336 g/mol. The predicted octanol–water partition coefficient (Wildman–Crippen LogP) is 3.30. The number of nitrogens with zero attached hydrogens (tertiary/aromatic N) is 2. The van der Waals surface area contributed by atoms with Crippen LogP contribution in [0.3, 0.4) is 0 Å². The lowest BCUT2D eigenvalue weighted by atomic mass is 9.90. The predicted molar refractivity (Wildman–Crippen MR) is 95.7 cm³/mol. The van der Waals surface area contributed by atoms with Gasteiger partial charge in [-0.15, -0.1) is 9.48 Å². The molecule has 3 atom stereocenters. The van der Waals surface area contributed by atoms with Gasteiger partial charge in [-0.3, -0.25) is 4.57 Å². The molecule has 0 radical (unpaired) electrons. The van der Waals surface area contributed by atoms with Crippen LogP contribution in [0.1, 0.15) is 31.4 Å². The molecule has 3 heterocycles. The maximum absolute atomic E-state index is 12.6. The summed E-state index contributed by atoms with van der Waals surface area (Å²) in [6, 6.07) is 18.5. The number of rotatable bonds is 3. The zero-order valence-electron chi connectivity index (χ0n) is 14.3. The normalized spacial score (nSPS) is 31.0. The van der Waals surface area contributed by atoms with Crippen molar-refractivity contribution in [2.45, 2.75) is 31.5 Å². The standard InChI is InChI=1S/C20H21N3O2/c1-2-23-13-12-16(14-20(23,25-23)15-8-4-3-5-9-15)22-18-11-7-6-10-17(18)21-19(22)24/h3-11,16H,2,12-14H2,1H3/p+1. The molecule has 2 aliphatic rings. The lowest BCUT2D eigenvalue weighted by Gasteiger charge is -2.29. The first-order valence-corrected chi connectivity index (χ1v) is 9.02. The van der Waals surface area contributed by atoms with Crippen molar-refractivity contribution in [1.82, 2.24) is 9.55 Å². The maximum atomic E-state index is 12.6. The van der Waals surface area contributed by atoms with E-state index in [-0.39, 0.29) is 17.5 Å². The van der Waals surface area contributed by atoms with Crippen LogP contribution >= 0.6 is 0 Å². The minimum absolute atomic E-state index is 0.0217. The van der Waals surface area contributed by atoms with Crippen LogP contribution in [0.5, 0.6) is 0 Å². The van der Waals surface area contributed by atoms with Crippen LogP contribution < -0.4 is 5.69 Å². The van der Waals surface area contributed by atoms with Crippen LogP contribution in [0.15, 0.2) is 59.4 Å². The topological polar surface area (TPSA) is 50.3 Å². The number of piperidine rings is 1. The molecular weight excluding hydrogens is 314 g/mol. The highest BCUT2D eigenvalue weighted by Gasteiger charge is 2.76. The first kappa shape index (κ1) is 14.9. The number of nitrogens with one attached hydrogen (secondary N) is 1. The van der Waals surface area contributed by atoms with Crippen LogP contribution in [0, 0.1) is 0 Å². The Morgan fingerprint density at radius 2 is 1.96 bits per heavy atom. The molecule has 5 nitrogen and oxygen atoms in total. The van der Waals surface area contributed by atoms with E-state index >= 15 is 0 Å². The summed E-state index contributed by atoms with van der Waals surface area (Å²) in [6.07, 6.45) is 1.77. The minimum atomic E-state index is -0.309. The van der Waals surface area contributed by atoms with Gasteiger partial charge in [-0.05, 0) is 31.2 Å². The summed E-state index contributed by atoms with van der Waals surface area (Å²) in [5, 5.41) is 0. The van der Waals surface area contributed by atoms with Crippen molar-refractivity contribution in [1.29, 1.82) is 0 Å². The highest BCUT2D eigenvalue weighted by molar-refractivity contribution is 5.75. The summed E-state index contributed by atoms with van der Waals surface area (Å²) in [5.41, 5.74) is 2.77. The van der Waals surface area contributed by atoms with Crippen molar-refractivity contribution < 1.29 is 9.48 Å². The van der Waals surface area contributed by atoms with Gasteiger partial charge in [-0.2, -0.15) is 0 Å². The van der Waals surface area contributed by atoms with Crippen molar-refractivity contribution >= 4 is 11.0 Å². The molecule has 0 spiro atoms. The Kier molecular flexibility index (Phi) is 3.03. The van der Waals surface area contributed by atoms with Crippen molar-refractivity contribution in [3.63, 3.8) is 0 Å². The highest BCUT2D eigenvalue weighted by Crippen LogP contribution is 2.60. The van der Waals surface area contributed by atoms with E-state index in [1.165, 1.54) is 5.56 Å². The fraction of sp³-hybridized carbons (Fsp3) is 0.350. The third kappa shape index (κ3) is 1.94. The fourth-order valence-corrected chi connectivity index (χ4v) is 4.72. The van der Waals surface area contributed by atoms with Gasteiger partial charge in [0.2, 0.25) is 0 Å². The highest BCUT2D eigenvalue weighted by atomic mass is 16.9. The molecule has 2 saturated heterocycles. The number of hydrogen-bond donors (Lipinski definition) is 1. The molecule has 128 valence electrons. The van der Waals surface area contributed by atoms with E-state index in [0.29, 0.717) is 4.65 Å². The number of H-pyrrole nitrogens is 1. The van der Waals surface area contributed by atoms with Crippen LogP contribution in [0.2, 0.25) is 0 Å². The maximum Gasteiger partial charge on any atom is 0.326 e. The lowest BCUT2D eigenvalue weighted by molar-refractivity contribution is -0.934. The number of hydroxylamine groups is 3. The fourth-order valence-electron chi connectivity index (χ4n) is 4.72. The molecule has 2 aliphatic heterocycles. The summed E-state index contributed by atoms with van der Waals surface area (Å²) < 4.78 is 2.62. The minimum Gasteiger partial charge on any atom is -0.306 e. The van der Waals surface area contributed by atoms with E-state index in [0.717, 1.165) is 37.0 Å². The molecule has 0 bridgehead atoms. The van der Waals surface area contributed by atoms with Crippen molar-refractivity contribution in [2.75, 3.05) is 13.1 Å². The molecule has 2 fully saturated rings. The van der Waals surface area contributed by atoms with E-state index in [2.05, 4.69) is 36.2 Å². The Balaban J connectivity index is 1.60. The number of hydrogen-bond acceptors (Lipinski definition) is 2. The van der Waals surface area contributed by atoms with Gasteiger partial charge in [0.05, 0.1) is 23.5 Å². The number of para-hydroxylation sites is 2. The first-order valence-electron chi connectivity index (χ1n) is 9.02. The van der Waals surface area contributed by atoms with Crippen molar-refractivity contribution in [3.8, 4) is 0 Å². The number of quaternary nitrogens is 1. The zero-order chi connectivity index (χ0) is 17.1. The van der Waals surface area contributed by atoms with E-state index < -0.39 is 0 Å². The quantitative estimate of drug-likeness (QED) is 0.589. The smallest absolute Gasteiger partial charge is 0.306 e. The van der Waals surface area contributed by atoms with Crippen LogP contribution in [-0.4, -0.2) is 27.3 Å². The Morgan fingerprint density at radius 3 is 2.76 bits per heavy atom.